The summed E-state index contributed by atoms with van der Waals surface area (Å²) in [5.74, 6) is 0. The van der Waals surface area contributed by atoms with Crippen LogP contribution in [0.25, 0.3) is 0 Å². The van der Waals surface area contributed by atoms with Gasteiger partial charge in [-0.15, -0.1) is 0 Å². The van der Waals surface area contributed by atoms with Crippen LogP contribution in [0.1, 0.15) is 16.4 Å². The van der Waals surface area contributed by atoms with Gasteiger partial charge in [-0.05, 0) is 11.1 Å². The van der Waals surface area contributed by atoms with E-state index < -0.39 is 15.4 Å². The first-order valence-electron chi connectivity index (χ1n) is 5.13. The van der Waals surface area contributed by atoms with Crippen molar-refractivity contribution in [1.82, 2.24) is 0 Å². The van der Waals surface area contributed by atoms with Crippen LogP contribution in [0.3, 0.4) is 0 Å². The third-order valence-electron chi connectivity index (χ3n) is 2.49. The first-order chi connectivity index (χ1) is 8.09. The van der Waals surface area contributed by atoms with Gasteiger partial charge in [0, 0.05) is 0 Å². The molecule has 18 heavy (non-hydrogen) atoms. The third-order valence-corrected chi connectivity index (χ3v) is 3.62. The minimum atomic E-state index is -4.42. The first-order valence-corrected chi connectivity index (χ1v) is 6.61. The molecular weight excluding hydrogens is 275 g/mol. The molecule has 0 amide bonds. The second-order valence-corrected chi connectivity index (χ2v) is 5.15. The van der Waals surface area contributed by atoms with Crippen LogP contribution < -0.4 is 51.4 Å². The SMILES string of the molecule is O=S(=O)([O-])C(c1ccccc1)c1ccccc1.[K+]. The number of benzene rings is 2. The molecule has 0 aromatic heterocycles. The van der Waals surface area contributed by atoms with E-state index in [1.165, 1.54) is 0 Å². The molecule has 0 unspecified atom stereocenters. The van der Waals surface area contributed by atoms with Gasteiger partial charge in [0.15, 0.2) is 0 Å². The Morgan fingerprint density at radius 1 is 0.778 bits per heavy atom. The van der Waals surface area contributed by atoms with E-state index in [0.717, 1.165) is 0 Å². The van der Waals surface area contributed by atoms with Crippen molar-refractivity contribution in [3.63, 3.8) is 0 Å². The van der Waals surface area contributed by atoms with Crippen molar-refractivity contribution in [3.05, 3.63) is 71.8 Å². The van der Waals surface area contributed by atoms with Crippen molar-refractivity contribution in [2.75, 3.05) is 0 Å². The van der Waals surface area contributed by atoms with Gasteiger partial charge in [-0.3, -0.25) is 0 Å². The summed E-state index contributed by atoms with van der Waals surface area (Å²) in [7, 11) is -4.42. The van der Waals surface area contributed by atoms with Gasteiger partial charge < -0.3 is 4.55 Å². The number of hydrogen-bond acceptors (Lipinski definition) is 3. The van der Waals surface area contributed by atoms with Gasteiger partial charge in [0.2, 0.25) is 0 Å². The minimum absolute atomic E-state index is 0. The summed E-state index contributed by atoms with van der Waals surface area (Å²) in [5.41, 5.74) is 0.988. The van der Waals surface area contributed by atoms with E-state index >= 15 is 0 Å². The second-order valence-electron chi connectivity index (χ2n) is 3.69. The van der Waals surface area contributed by atoms with Crippen LogP contribution in [-0.4, -0.2) is 13.0 Å². The van der Waals surface area contributed by atoms with Crippen molar-refractivity contribution in [2.24, 2.45) is 0 Å². The Labute approximate surface area is 149 Å². The van der Waals surface area contributed by atoms with Crippen LogP contribution in [0, 0.1) is 0 Å². The first kappa shape index (κ1) is 16.0. The Morgan fingerprint density at radius 2 is 1.11 bits per heavy atom. The average molecular weight is 286 g/mol. The molecule has 0 aliphatic heterocycles. The molecule has 0 atom stereocenters. The normalized spacial score (nSPS) is 11.0. The number of hydrogen-bond donors (Lipinski definition) is 0. The molecule has 0 N–H and O–H groups in total. The molecule has 0 saturated heterocycles. The monoisotopic (exact) mass is 286 g/mol. The summed E-state index contributed by atoms with van der Waals surface area (Å²) >= 11 is 0. The van der Waals surface area contributed by atoms with Crippen molar-refractivity contribution in [2.45, 2.75) is 5.25 Å². The third kappa shape index (κ3) is 3.99. The van der Waals surface area contributed by atoms with E-state index in [9.17, 15) is 13.0 Å². The zero-order valence-corrected chi connectivity index (χ0v) is 13.9. The molecule has 2 rings (SSSR count). The van der Waals surface area contributed by atoms with Gasteiger partial charge in [0.1, 0.15) is 10.1 Å². The van der Waals surface area contributed by atoms with Crippen LogP contribution in [0.15, 0.2) is 60.7 Å². The maximum absolute atomic E-state index is 11.4. The minimum Gasteiger partial charge on any atom is -0.747 e. The maximum Gasteiger partial charge on any atom is 1.00 e. The molecule has 3 nitrogen and oxygen atoms in total. The van der Waals surface area contributed by atoms with Gasteiger partial charge in [-0.25, -0.2) is 8.42 Å². The predicted octanol–water partition coefficient (Wildman–Crippen LogP) is -0.675. The zero-order valence-electron chi connectivity index (χ0n) is 9.98. The summed E-state index contributed by atoms with van der Waals surface area (Å²) < 4.78 is 34.1. The fourth-order valence-corrected chi connectivity index (χ4v) is 2.76. The zero-order chi connectivity index (χ0) is 12.3. The Morgan fingerprint density at radius 3 is 1.39 bits per heavy atom. The van der Waals surface area contributed by atoms with Crippen molar-refractivity contribution in [3.8, 4) is 0 Å². The Balaban J connectivity index is 0.00000162. The fraction of sp³-hybridized carbons (Fsp3) is 0.0769. The molecule has 0 bridgehead atoms. The molecule has 0 fully saturated rings. The summed E-state index contributed by atoms with van der Waals surface area (Å²) in [4.78, 5) is 0. The van der Waals surface area contributed by atoms with Crippen LogP contribution >= 0.6 is 0 Å². The Hall–Kier alpha value is -0.0136. The predicted molar refractivity (Wildman–Crippen MR) is 64.4 cm³/mol. The molecular formula is C13H11KO3S. The van der Waals surface area contributed by atoms with Gasteiger partial charge in [-0.2, -0.15) is 0 Å². The molecule has 2 aromatic rings. The molecule has 88 valence electrons. The summed E-state index contributed by atoms with van der Waals surface area (Å²) in [5, 5.41) is -1.13. The van der Waals surface area contributed by atoms with Crippen LogP contribution in [-0.2, 0) is 10.1 Å². The molecule has 0 aliphatic carbocycles. The van der Waals surface area contributed by atoms with E-state index in [4.69, 9.17) is 0 Å². The topological polar surface area (TPSA) is 57.2 Å². The average Bonchev–Trinajstić information content (AvgIpc) is 2.30. The fourth-order valence-electron chi connectivity index (χ4n) is 1.78. The van der Waals surface area contributed by atoms with E-state index in [-0.39, 0.29) is 51.4 Å². The molecule has 0 heterocycles. The van der Waals surface area contributed by atoms with Gasteiger partial charge in [0.05, 0.1) is 5.25 Å². The van der Waals surface area contributed by atoms with E-state index in [1.807, 2.05) is 0 Å². The molecule has 2 aromatic carbocycles. The summed E-state index contributed by atoms with van der Waals surface area (Å²) in [6.07, 6.45) is 0. The van der Waals surface area contributed by atoms with E-state index in [2.05, 4.69) is 0 Å². The van der Waals surface area contributed by atoms with Crippen LogP contribution in [0.2, 0.25) is 0 Å². The molecule has 0 aliphatic rings. The summed E-state index contributed by atoms with van der Waals surface area (Å²) in [6, 6.07) is 17.0. The summed E-state index contributed by atoms with van der Waals surface area (Å²) in [6.45, 7) is 0. The van der Waals surface area contributed by atoms with Crippen LogP contribution in [0.4, 0.5) is 0 Å². The van der Waals surface area contributed by atoms with E-state index in [0.29, 0.717) is 11.1 Å². The quantitative estimate of drug-likeness (QED) is 0.555. The maximum atomic E-state index is 11.4. The molecule has 0 radical (unpaired) electrons. The number of rotatable bonds is 3. The standard InChI is InChI=1S/C13H12O3S.K/c14-17(15,16)13(11-7-3-1-4-8-11)12-9-5-2-6-10-12;/h1-10,13H,(H,14,15,16);/q;+1/p-1. The smallest absolute Gasteiger partial charge is 0.747 e. The van der Waals surface area contributed by atoms with E-state index in [1.54, 1.807) is 60.7 Å². The van der Waals surface area contributed by atoms with Crippen molar-refractivity contribution in [1.29, 1.82) is 0 Å². The van der Waals surface area contributed by atoms with Gasteiger partial charge in [0.25, 0.3) is 0 Å². The molecule has 0 spiro atoms. The van der Waals surface area contributed by atoms with Crippen molar-refractivity contribution >= 4 is 10.1 Å². The Kier molecular flexibility index (Phi) is 6.20. The van der Waals surface area contributed by atoms with Gasteiger partial charge in [-0.1, -0.05) is 60.7 Å². The van der Waals surface area contributed by atoms with Crippen LogP contribution in [0.5, 0.6) is 0 Å². The second kappa shape index (κ2) is 6.95. The molecule has 5 heteroatoms. The molecule has 0 saturated carbocycles. The van der Waals surface area contributed by atoms with Gasteiger partial charge >= 0.3 is 51.4 Å². The Bertz CT molecular complexity index is 543. The van der Waals surface area contributed by atoms with Crippen molar-refractivity contribution < 1.29 is 64.4 Å². The largest absolute Gasteiger partial charge is 1.00 e.